The van der Waals surface area contributed by atoms with Crippen LogP contribution >= 0.6 is 0 Å². The third-order valence-electron chi connectivity index (χ3n) is 6.30. The molecule has 6 heteroatoms. The Morgan fingerprint density at radius 1 is 1.30 bits per heavy atom. The average Bonchev–Trinajstić information content (AvgIpc) is 2.58. The van der Waals surface area contributed by atoms with E-state index in [1.54, 1.807) is 6.07 Å². The molecule has 1 aromatic rings. The standard InChI is InChI=1S/C19H25NO4.C2H7N/c1-11-5-6-14(17(20)23)16(22)15(11)18-8-3-4-12(2)19(18,24)9-7-13(21)10-18;1-3-2/h5-6,12,22,24H,3-4,7-10H2,1-2H3,(H2,20,23);3H,1-2H3/t12-,18+,19+;/m0./s1. The van der Waals surface area contributed by atoms with Crippen LogP contribution in [0.3, 0.4) is 0 Å². The Bertz CT molecular complexity index is 733. The lowest BCUT2D eigenvalue weighted by Gasteiger charge is -2.57. The first-order chi connectivity index (χ1) is 12.6. The lowest BCUT2D eigenvalue weighted by Crippen LogP contribution is -2.61. The second-order valence-electron chi connectivity index (χ2n) is 8.03. The predicted molar refractivity (Wildman–Crippen MR) is 105 cm³/mol. The Kier molecular flexibility index (Phi) is 6.32. The highest BCUT2D eigenvalue weighted by Gasteiger charge is 2.60. The summed E-state index contributed by atoms with van der Waals surface area (Å²) in [5, 5.41) is 25.1. The molecule has 2 aliphatic carbocycles. The zero-order valence-electron chi connectivity index (χ0n) is 16.8. The van der Waals surface area contributed by atoms with Gasteiger partial charge >= 0.3 is 0 Å². The second-order valence-corrected chi connectivity index (χ2v) is 8.03. The maximum absolute atomic E-state index is 12.3. The fourth-order valence-corrected chi connectivity index (χ4v) is 5.04. The van der Waals surface area contributed by atoms with E-state index in [0.29, 0.717) is 24.8 Å². The highest BCUT2D eigenvalue weighted by Crippen LogP contribution is 2.58. The molecular weight excluding hydrogens is 344 g/mol. The maximum atomic E-state index is 12.3. The SMILES string of the molecule is CNC.Cc1ccc(C(N)=O)c(O)c1[C@]12CCC[C@H](C)[C@]1(O)CCC(=O)C2. The Labute approximate surface area is 161 Å². The number of benzene rings is 1. The molecule has 0 heterocycles. The van der Waals surface area contributed by atoms with Crippen LogP contribution in [-0.2, 0) is 10.2 Å². The minimum Gasteiger partial charge on any atom is -0.507 e. The van der Waals surface area contributed by atoms with E-state index in [1.807, 2.05) is 27.9 Å². The van der Waals surface area contributed by atoms with Crippen LogP contribution < -0.4 is 11.1 Å². The molecule has 0 spiro atoms. The molecule has 1 aromatic carbocycles. The van der Waals surface area contributed by atoms with Crippen molar-refractivity contribution in [1.29, 1.82) is 0 Å². The monoisotopic (exact) mass is 376 g/mol. The van der Waals surface area contributed by atoms with Gasteiger partial charge in [0.05, 0.1) is 11.2 Å². The summed E-state index contributed by atoms with van der Waals surface area (Å²) in [6, 6.07) is 3.24. The molecule has 6 nitrogen and oxygen atoms in total. The van der Waals surface area contributed by atoms with E-state index in [9.17, 15) is 19.8 Å². The Morgan fingerprint density at radius 3 is 2.52 bits per heavy atom. The number of primary amides is 1. The normalized spacial score (nSPS) is 30.1. The maximum Gasteiger partial charge on any atom is 0.252 e. The number of rotatable bonds is 2. The van der Waals surface area contributed by atoms with E-state index in [4.69, 9.17) is 5.73 Å². The van der Waals surface area contributed by atoms with Gasteiger partial charge in [-0.25, -0.2) is 0 Å². The first kappa shape index (κ1) is 21.4. The zero-order valence-corrected chi connectivity index (χ0v) is 16.8. The minimum absolute atomic E-state index is 0.0235. The number of aryl methyl sites for hydroxylation is 1. The molecule has 0 radical (unpaired) electrons. The van der Waals surface area contributed by atoms with Gasteiger partial charge in [0.1, 0.15) is 11.5 Å². The topological polar surface area (TPSA) is 113 Å². The third kappa shape index (κ3) is 3.48. The van der Waals surface area contributed by atoms with Crippen molar-refractivity contribution in [3.63, 3.8) is 0 Å². The smallest absolute Gasteiger partial charge is 0.252 e. The van der Waals surface area contributed by atoms with Gasteiger partial charge in [-0.15, -0.1) is 0 Å². The summed E-state index contributed by atoms with van der Waals surface area (Å²) in [4.78, 5) is 24.0. The molecule has 27 heavy (non-hydrogen) atoms. The molecule has 0 bridgehead atoms. The Morgan fingerprint density at radius 2 is 1.93 bits per heavy atom. The number of aromatic hydroxyl groups is 1. The number of Topliss-reactive ketones (excluding diaryl/α,β-unsaturated/α-hetero) is 1. The van der Waals surface area contributed by atoms with E-state index in [-0.39, 0.29) is 29.4 Å². The quantitative estimate of drug-likeness (QED) is 0.632. The highest BCUT2D eigenvalue weighted by atomic mass is 16.3. The number of aliphatic hydroxyl groups is 1. The molecule has 3 atom stereocenters. The number of hydrogen-bond donors (Lipinski definition) is 4. The van der Waals surface area contributed by atoms with Crippen LogP contribution in [0.15, 0.2) is 12.1 Å². The van der Waals surface area contributed by atoms with Crippen molar-refractivity contribution < 1.29 is 19.8 Å². The van der Waals surface area contributed by atoms with Crippen molar-refractivity contribution in [1.82, 2.24) is 5.32 Å². The Balaban J connectivity index is 0.000000817. The molecule has 2 fully saturated rings. The van der Waals surface area contributed by atoms with Gasteiger partial charge in [0.15, 0.2) is 0 Å². The lowest BCUT2D eigenvalue weighted by molar-refractivity contribution is -0.153. The third-order valence-corrected chi connectivity index (χ3v) is 6.30. The van der Waals surface area contributed by atoms with E-state index >= 15 is 0 Å². The molecule has 5 N–H and O–H groups in total. The molecule has 1 amide bonds. The molecule has 3 rings (SSSR count). The predicted octanol–water partition coefficient (Wildman–Crippen LogP) is 2.18. The van der Waals surface area contributed by atoms with Crippen molar-refractivity contribution in [2.45, 2.75) is 63.4 Å². The fourth-order valence-electron chi connectivity index (χ4n) is 5.04. The van der Waals surface area contributed by atoms with Crippen molar-refractivity contribution in [2.24, 2.45) is 11.7 Å². The summed E-state index contributed by atoms with van der Waals surface area (Å²) in [6.07, 6.45) is 3.34. The van der Waals surface area contributed by atoms with Crippen molar-refractivity contribution >= 4 is 11.7 Å². The van der Waals surface area contributed by atoms with Gasteiger partial charge in [-0.3, -0.25) is 9.59 Å². The van der Waals surface area contributed by atoms with Gasteiger partial charge in [-0.05, 0) is 57.8 Å². The first-order valence-electron chi connectivity index (χ1n) is 9.60. The van der Waals surface area contributed by atoms with Gasteiger partial charge in [0.25, 0.3) is 5.91 Å². The fraction of sp³-hybridized carbons (Fsp3) is 0.619. The number of amides is 1. The van der Waals surface area contributed by atoms with E-state index in [0.717, 1.165) is 18.4 Å². The van der Waals surface area contributed by atoms with Gasteiger partial charge in [-0.1, -0.05) is 19.4 Å². The van der Waals surface area contributed by atoms with Crippen molar-refractivity contribution in [2.75, 3.05) is 14.1 Å². The molecule has 2 aliphatic rings. The summed E-state index contributed by atoms with van der Waals surface area (Å²) >= 11 is 0. The van der Waals surface area contributed by atoms with Crippen LogP contribution in [0.25, 0.3) is 0 Å². The average molecular weight is 376 g/mol. The van der Waals surface area contributed by atoms with E-state index < -0.39 is 16.9 Å². The summed E-state index contributed by atoms with van der Waals surface area (Å²) in [6.45, 7) is 3.85. The van der Waals surface area contributed by atoms with Crippen LogP contribution in [0, 0.1) is 12.8 Å². The number of ketones is 1. The molecular formula is C21H32N2O4. The Hall–Kier alpha value is -1.92. The number of carbonyl (C=O) groups is 2. The summed E-state index contributed by atoms with van der Waals surface area (Å²) < 4.78 is 0. The lowest BCUT2D eigenvalue weighted by atomic mass is 9.50. The second kappa shape index (κ2) is 7.98. The van der Waals surface area contributed by atoms with Crippen molar-refractivity contribution in [3.05, 3.63) is 28.8 Å². The molecule has 150 valence electrons. The molecule has 0 aliphatic heterocycles. The minimum atomic E-state index is -1.06. The van der Waals surface area contributed by atoms with Gasteiger partial charge in [-0.2, -0.15) is 0 Å². The number of phenols is 1. The van der Waals surface area contributed by atoms with E-state index in [1.165, 1.54) is 6.07 Å². The summed E-state index contributed by atoms with van der Waals surface area (Å²) in [5.41, 5.74) is 4.83. The van der Waals surface area contributed by atoms with Crippen molar-refractivity contribution in [3.8, 4) is 5.75 Å². The number of nitrogens with one attached hydrogen (secondary N) is 1. The number of nitrogens with two attached hydrogens (primary N) is 1. The van der Waals surface area contributed by atoms with Crippen LogP contribution in [0.1, 0.15) is 66.9 Å². The van der Waals surface area contributed by atoms with Crippen LogP contribution in [0.2, 0.25) is 0 Å². The number of fused-ring (bicyclic) bond motifs is 1. The summed E-state index contributed by atoms with van der Waals surface area (Å²) in [7, 11) is 3.75. The van der Waals surface area contributed by atoms with Crippen LogP contribution in [0.4, 0.5) is 0 Å². The molecule has 0 saturated heterocycles. The number of carbonyl (C=O) groups excluding carboxylic acids is 2. The van der Waals surface area contributed by atoms with Crippen LogP contribution in [0.5, 0.6) is 5.75 Å². The molecule has 0 aromatic heterocycles. The molecule has 2 saturated carbocycles. The van der Waals surface area contributed by atoms with Crippen LogP contribution in [-0.4, -0.2) is 41.6 Å². The first-order valence-corrected chi connectivity index (χ1v) is 9.60. The zero-order chi connectivity index (χ0) is 20.4. The highest BCUT2D eigenvalue weighted by molar-refractivity contribution is 5.96. The van der Waals surface area contributed by atoms with Gasteiger partial charge in [0, 0.05) is 23.8 Å². The number of hydrogen-bond acceptors (Lipinski definition) is 5. The summed E-state index contributed by atoms with van der Waals surface area (Å²) in [5.74, 6) is -0.767. The van der Waals surface area contributed by atoms with Gasteiger partial charge in [0.2, 0.25) is 0 Å². The van der Waals surface area contributed by atoms with Gasteiger partial charge < -0.3 is 21.3 Å². The van der Waals surface area contributed by atoms with E-state index in [2.05, 4.69) is 5.32 Å². The molecule has 0 unspecified atom stereocenters. The largest absolute Gasteiger partial charge is 0.507 e.